The predicted molar refractivity (Wildman–Crippen MR) is 146 cm³/mol. The summed E-state index contributed by atoms with van der Waals surface area (Å²) >= 11 is 0. The van der Waals surface area contributed by atoms with Crippen molar-refractivity contribution in [1.82, 2.24) is 15.1 Å². The standard InChI is InChI=1S/C29H39N3O9/c1-28(2,3)23-24(33)32-15-19(13-21(32)25(34)35)41-27(37)31-14-18-9-8-10-22(20(18)16-31)38-11-6-7-12-40-29(4,5)17-39-26(36)30-23/h6-10,19,21,23H,11-17H2,1-5H3,(H,30,36)(H,34,35)/t19-,21?,23-/m1/s1. The molecular formula is C29H39N3O9. The highest BCUT2D eigenvalue weighted by Crippen LogP contribution is 2.33. The second-order valence-corrected chi connectivity index (χ2v) is 12.2. The molecule has 3 amide bonds. The van der Waals surface area contributed by atoms with Gasteiger partial charge in [0.15, 0.2) is 0 Å². The van der Waals surface area contributed by atoms with Crippen LogP contribution in [-0.4, -0.2) is 89.1 Å². The number of carboxylic acids is 1. The van der Waals surface area contributed by atoms with Gasteiger partial charge in [0.05, 0.1) is 25.3 Å². The highest BCUT2D eigenvalue weighted by atomic mass is 16.6. The van der Waals surface area contributed by atoms with Gasteiger partial charge in [-0.05, 0) is 37.0 Å². The van der Waals surface area contributed by atoms with Crippen molar-refractivity contribution in [3.63, 3.8) is 0 Å². The first-order valence-corrected chi connectivity index (χ1v) is 13.7. The van der Waals surface area contributed by atoms with Gasteiger partial charge in [-0.3, -0.25) is 9.69 Å². The summed E-state index contributed by atoms with van der Waals surface area (Å²) in [6, 6.07) is 3.30. The molecule has 3 aliphatic heterocycles. The molecule has 1 aromatic rings. The van der Waals surface area contributed by atoms with Crippen LogP contribution in [0.5, 0.6) is 5.75 Å². The molecule has 1 fully saturated rings. The molecule has 3 atom stereocenters. The van der Waals surface area contributed by atoms with E-state index >= 15 is 0 Å². The van der Waals surface area contributed by atoms with Crippen LogP contribution in [0.15, 0.2) is 30.4 Å². The van der Waals surface area contributed by atoms with E-state index in [0.717, 1.165) is 16.0 Å². The van der Waals surface area contributed by atoms with E-state index in [2.05, 4.69) is 5.32 Å². The molecule has 0 radical (unpaired) electrons. The molecule has 0 saturated carbocycles. The smallest absolute Gasteiger partial charge is 0.410 e. The molecule has 12 nitrogen and oxygen atoms in total. The van der Waals surface area contributed by atoms with Gasteiger partial charge in [0.2, 0.25) is 5.91 Å². The van der Waals surface area contributed by atoms with Crippen molar-refractivity contribution in [2.45, 2.75) is 77.9 Å². The number of carboxylic acid groups (broad SMARTS) is 1. The Bertz CT molecular complexity index is 1210. The van der Waals surface area contributed by atoms with Gasteiger partial charge in [0, 0.05) is 18.5 Å². The Morgan fingerprint density at radius 1 is 1.07 bits per heavy atom. The number of rotatable bonds is 1. The molecule has 41 heavy (non-hydrogen) atoms. The average Bonchev–Trinajstić information content (AvgIpc) is 3.52. The van der Waals surface area contributed by atoms with Crippen LogP contribution in [-0.2, 0) is 36.9 Å². The Morgan fingerprint density at radius 3 is 2.51 bits per heavy atom. The summed E-state index contributed by atoms with van der Waals surface area (Å²) in [6.45, 7) is 9.76. The quantitative estimate of drug-likeness (QED) is 0.484. The normalized spacial score (nSPS) is 25.8. The van der Waals surface area contributed by atoms with Crippen molar-refractivity contribution < 1.29 is 43.2 Å². The third-order valence-corrected chi connectivity index (χ3v) is 7.29. The van der Waals surface area contributed by atoms with E-state index in [1.165, 1.54) is 4.90 Å². The zero-order valence-corrected chi connectivity index (χ0v) is 24.2. The minimum absolute atomic E-state index is 0.0683. The molecule has 1 unspecified atom stereocenters. The number of nitrogens with zero attached hydrogens (tertiary/aromatic N) is 2. The van der Waals surface area contributed by atoms with E-state index in [1.54, 1.807) is 40.7 Å². The highest BCUT2D eigenvalue weighted by Gasteiger charge is 2.47. The summed E-state index contributed by atoms with van der Waals surface area (Å²) < 4.78 is 22.9. The number of hydrogen-bond donors (Lipinski definition) is 2. The number of carbonyl (C=O) groups is 4. The second-order valence-electron chi connectivity index (χ2n) is 12.2. The first-order valence-electron chi connectivity index (χ1n) is 13.7. The third kappa shape index (κ3) is 7.29. The SMILES string of the molecule is CC1(C)COC(=O)N[C@@H](C(C)(C)C)C(=O)N2C[C@@H](CC2C(=O)O)OC(=O)N2Cc3cccc(c3C2)OCC=CCO1. The molecule has 3 aliphatic rings. The fourth-order valence-electron chi connectivity index (χ4n) is 5.04. The van der Waals surface area contributed by atoms with Crippen molar-refractivity contribution in [3.8, 4) is 5.75 Å². The fourth-order valence-corrected chi connectivity index (χ4v) is 5.04. The average molecular weight is 574 g/mol. The first kappa shape index (κ1) is 30.2. The van der Waals surface area contributed by atoms with Gasteiger partial charge in [0.25, 0.3) is 0 Å². The van der Waals surface area contributed by atoms with Gasteiger partial charge in [-0.25, -0.2) is 14.4 Å². The molecular weight excluding hydrogens is 534 g/mol. The lowest BCUT2D eigenvalue weighted by Gasteiger charge is -2.34. The number of amides is 3. The van der Waals surface area contributed by atoms with Crippen LogP contribution in [0.1, 0.15) is 52.2 Å². The Morgan fingerprint density at radius 2 is 1.80 bits per heavy atom. The Labute approximate surface area is 239 Å². The van der Waals surface area contributed by atoms with E-state index in [-0.39, 0.29) is 32.7 Å². The topological polar surface area (TPSA) is 144 Å². The summed E-state index contributed by atoms with van der Waals surface area (Å²) in [6.07, 6.45) is 1.29. The molecule has 224 valence electrons. The number of carbonyl (C=O) groups excluding carboxylic acids is 3. The van der Waals surface area contributed by atoms with Gasteiger partial charge in [-0.1, -0.05) is 39.0 Å². The van der Waals surface area contributed by atoms with Gasteiger partial charge < -0.3 is 34.3 Å². The number of alkyl carbamates (subject to hydrolysis) is 1. The number of nitrogens with one attached hydrogen (secondary N) is 1. The summed E-state index contributed by atoms with van der Waals surface area (Å²) in [7, 11) is 0. The van der Waals surface area contributed by atoms with Crippen LogP contribution < -0.4 is 10.1 Å². The monoisotopic (exact) mass is 573 g/mol. The van der Waals surface area contributed by atoms with E-state index < -0.39 is 53.3 Å². The zero-order valence-electron chi connectivity index (χ0n) is 24.2. The molecule has 4 rings (SSSR count). The van der Waals surface area contributed by atoms with Crippen LogP contribution in [0.25, 0.3) is 0 Å². The van der Waals surface area contributed by atoms with Gasteiger partial charge in [-0.15, -0.1) is 0 Å². The van der Waals surface area contributed by atoms with Crippen LogP contribution in [0.4, 0.5) is 9.59 Å². The van der Waals surface area contributed by atoms with E-state index in [1.807, 2.05) is 24.3 Å². The number of hydrogen-bond acceptors (Lipinski definition) is 8. The molecule has 0 spiro atoms. The van der Waals surface area contributed by atoms with Crippen molar-refractivity contribution in [1.29, 1.82) is 0 Å². The number of ether oxygens (including phenoxy) is 4. The molecule has 0 aromatic heterocycles. The summed E-state index contributed by atoms with van der Waals surface area (Å²) in [4.78, 5) is 54.4. The van der Waals surface area contributed by atoms with Crippen LogP contribution in [0.2, 0.25) is 0 Å². The van der Waals surface area contributed by atoms with Gasteiger partial charge >= 0.3 is 18.2 Å². The molecule has 0 aliphatic carbocycles. The van der Waals surface area contributed by atoms with E-state index in [4.69, 9.17) is 18.9 Å². The Balaban J connectivity index is 1.59. The molecule has 12 heteroatoms. The van der Waals surface area contributed by atoms with Crippen molar-refractivity contribution in [3.05, 3.63) is 41.5 Å². The number of benzene rings is 1. The Hall–Kier alpha value is -3.80. The lowest BCUT2D eigenvalue weighted by Crippen LogP contribution is -2.57. The Kier molecular flexibility index (Phi) is 8.81. The molecule has 1 saturated heterocycles. The van der Waals surface area contributed by atoms with Crippen molar-refractivity contribution in [2.75, 3.05) is 26.4 Å². The number of cyclic esters (lactones) is 1. The number of aliphatic carboxylic acids is 1. The third-order valence-electron chi connectivity index (χ3n) is 7.29. The maximum atomic E-state index is 13.7. The maximum Gasteiger partial charge on any atom is 0.410 e. The van der Waals surface area contributed by atoms with Gasteiger partial charge in [0.1, 0.15) is 37.2 Å². The number of fused-ring (bicyclic) bond motifs is 3. The van der Waals surface area contributed by atoms with E-state index in [0.29, 0.717) is 18.9 Å². The van der Waals surface area contributed by atoms with E-state index in [9.17, 15) is 24.3 Å². The molecule has 1 aromatic carbocycles. The lowest BCUT2D eigenvalue weighted by molar-refractivity contribution is -0.150. The van der Waals surface area contributed by atoms with Gasteiger partial charge in [-0.2, -0.15) is 0 Å². The second kappa shape index (κ2) is 12.0. The minimum Gasteiger partial charge on any atom is -0.489 e. The molecule has 4 bridgehead atoms. The first-order chi connectivity index (χ1) is 19.2. The predicted octanol–water partition coefficient (Wildman–Crippen LogP) is 3.08. The minimum atomic E-state index is -1.22. The van der Waals surface area contributed by atoms with Crippen LogP contribution in [0.3, 0.4) is 0 Å². The molecule has 2 N–H and O–H groups in total. The summed E-state index contributed by atoms with van der Waals surface area (Å²) in [5.41, 5.74) is 0.220. The largest absolute Gasteiger partial charge is 0.489 e. The van der Waals surface area contributed by atoms with Crippen molar-refractivity contribution in [2.24, 2.45) is 5.41 Å². The maximum absolute atomic E-state index is 13.7. The zero-order chi connectivity index (χ0) is 29.9. The summed E-state index contributed by atoms with van der Waals surface area (Å²) in [5, 5.41) is 12.5. The molecule has 3 heterocycles. The highest BCUT2D eigenvalue weighted by molar-refractivity contribution is 5.90. The fraction of sp³-hybridized carbons (Fsp3) is 0.586. The van der Waals surface area contributed by atoms with Crippen LogP contribution in [0, 0.1) is 5.41 Å². The lowest BCUT2D eigenvalue weighted by atomic mass is 9.85. The summed E-state index contributed by atoms with van der Waals surface area (Å²) in [5.74, 6) is -1.17. The van der Waals surface area contributed by atoms with Crippen LogP contribution >= 0.6 is 0 Å². The van der Waals surface area contributed by atoms with Crippen molar-refractivity contribution >= 4 is 24.1 Å².